The third-order valence-electron chi connectivity index (χ3n) is 3.14. The van der Waals surface area contributed by atoms with Crippen molar-refractivity contribution in [1.82, 2.24) is 10.3 Å². The van der Waals surface area contributed by atoms with Crippen molar-refractivity contribution in [1.29, 1.82) is 0 Å². The Morgan fingerprint density at radius 1 is 1.33 bits per heavy atom. The number of carboxylic acids is 1. The van der Waals surface area contributed by atoms with E-state index in [9.17, 15) is 13.8 Å². The number of rotatable bonds is 4. The standard InChI is InChI=1S/C13H17N3O4S/c17-12(18)7-10-1-2-11(8-14-10)16-13(19)15-9-3-5-21(20)6-4-9/h1-2,8-9H,3-7H2,(H,17,18)(H2,15,16,19). The Hall–Kier alpha value is -1.96. The minimum Gasteiger partial charge on any atom is -0.481 e. The highest BCUT2D eigenvalue weighted by atomic mass is 32.2. The van der Waals surface area contributed by atoms with Gasteiger partial charge in [0.2, 0.25) is 0 Å². The van der Waals surface area contributed by atoms with E-state index in [1.165, 1.54) is 6.20 Å². The van der Waals surface area contributed by atoms with E-state index in [0.29, 0.717) is 22.9 Å². The summed E-state index contributed by atoms with van der Waals surface area (Å²) in [5.74, 6) is 0.294. The molecule has 8 heteroatoms. The molecule has 0 atom stereocenters. The van der Waals surface area contributed by atoms with Gasteiger partial charge in [-0.25, -0.2) is 4.79 Å². The Bertz CT molecular complexity index is 537. The van der Waals surface area contributed by atoms with Crippen molar-refractivity contribution in [3.63, 3.8) is 0 Å². The van der Waals surface area contributed by atoms with Gasteiger partial charge in [0.15, 0.2) is 0 Å². The zero-order valence-electron chi connectivity index (χ0n) is 11.4. The Morgan fingerprint density at radius 3 is 2.62 bits per heavy atom. The van der Waals surface area contributed by atoms with E-state index in [4.69, 9.17) is 5.11 Å². The molecule has 0 unspecified atom stereocenters. The largest absolute Gasteiger partial charge is 0.481 e. The molecule has 2 amide bonds. The van der Waals surface area contributed by atoms with E-state index >= 15 is 0 Å². The number of nitrogens with one attached hydrogen (secondary N) is 2. The fourth-order valence-electron chi connectivity index (χ4n) is 2.05. The Morgan fingerprint density at radius 2 is 2.05 bits per heavy atom. The molecular formula is C13H17N3O4S. The number of hydrogen-bond acceptors (Lipinski definition) is 4. The Labute approximate surface area is 124 Å². The van der Waals surface area contributed by atoms with Crippen molar-refractivity contribution < 1.29 is 18.9 Å². The first-order chi connectivity index (χ1) is 10.0. The van der Waals surface area contributed by atoms with Gasteiger partial charge in [0.05, 0.1) is 24.0 Å². The molecule has 0 spiro atoms. The zero-order valence-corrected chi connectivity index (χ0v) is 12.2. The van der Waals surface area contributed by atoms with Gasteiger partial charge in [-0.15, -0.1) is 0 Å². The minimum atomic E-state index is -0.948. The Balaban J connectivity index is 1.82. The molecule has 1 aromatic heterocycles. The highest BCUT2D eigenvalue weighted by Gasteiger charge is 2.19. The molecule has 0 aliphatic carbocycles. The number of carbonyl (C=O) groups excluding carboxylic acids is 1. The molecule has 21 heavy (non-hydrogen) atoms. The zero-order chi connectivity index (χ0) is 15.2. The van der Waals surface area contributed by atoms with Gasteiger partial charge in [-0.1, -0.05) is 0 Å². The first kappa shape index (κ1) is 15.4. The molecule has 3 N–H and O–H groups in total. The van der Waals surface area contributed by atoms with Crippen molar-refractivity contribution in [3.05, 3.63) is 24.0 Å². The molecule has 1 aliphatic rings. The van der Waals surface area contributed by atoms with Gasteiger partial charge in [-0.3, -0.25) is 14.0 Å². The molecule has 0 bridgehead atoms. The van der Waals surface area contributed by atoms with Crippen LogP contribution in [0.25, 0.3) is 0 Å². The van der Waals surface area contributed by atoms with Crippen molar-refractivity contribution in [2.24, 2.45) is 0 Å². The molecule has 2 rings (SSSR count). The number of carbonyl (C=O) groups is 2. The summed E-state index contributed by atoms with van der Waals surface area (Å²) in [6, 6.07) is 2.89. The lowest BCUT2D eigenvalue weighted by atomic mass is 10.2. The predicted octanol–water partition coefficient (Wildman–Crippen LogP) is 0.741. The van der Waals surface area contributed by atoms with Crippen molar-refractivity contribution in [3.8, 4) is 0 Å². The highest BCUT2D eigenvalue weighted by Crippen LogP contribution is 2.10. The van der Waals surface area contributed by atoms with Crippen LogP contribution < -0.4 is 10.6 Å². The molecule has 1 aliphatic heterocycles. The fourth-order valence-corrected chi connectivity index (χ4v) is 3.35. The molecule has 2 heterocycles. The molecule has 114 valence electrons. The van der Waals surface area contributed by atoms with Gasteiger partial charge in [0.25, 0.3) is 0 Å². The number of aliphatic carboxylic acids is 1. The van der Waals surface area contributed by atoms with E-state index < -0.39 is 16.8 Å². The van der Waals surface area contributed by atoms with Crippen molar-refractivity contribution in [2.45, 2.75) is 25.3 Å². The van der Waals surface area contributed by atoms with E-state index in [2.05, 4.69) is 15.6 Å². The van der Waals surface area contributed by atoms with Crippen LogP contribution in [0.1, 0.15) is 18.5 Å². The van der Waals surface area contributed by atoms with Gasteiger partial charge in [-0.05, 0) is 25.0 Å². The Kier molecular flexibility index (Phi) is 5.26. The van der Waals surface area contributed by atoms with E-state index in [0.717, 1.165) is 12.8 Å². The number of nitrogens with zero attached hydrogens (tertiary/aromatic N) is 1. The smallest absolute Gasteiger partial charge is 0.319 e. The van der Waals surface area contributed by atoms with Crippen LogP contribution in [0.15, 0.2) is 18.3 Å². The number of anilines is 1. The summed E-state index contributed by atoms with van der Waals surface area (Å²) >= 11 is 0. The van der Waals surface area contributed by atoms with Gasteiger partial charge in [-0.2, -0.15) is 0 Å². The van der Waals surface area contributed by atoms with Crippen LogP contribution >= 0.6 is 0 Å². The summed E-state index contributed by atoms with van der Waals surface area (Å²) < 4.78 is 11.2. The molecule has 1 fully saturated rings. The molecule has 0 aromatic carbocycles. The summed E-state index contributed by atoms with van der Waals surface area (Å²) in [5, 5.41) is 14.1. The van der Waals surface area contributed by atoms with Gasteiger partial charge in [0.1, 0.15) is 0 Å². The van der Waals surface area contributed by atoms with Crippen LogP contribution in [0, 0.1) is 0 Å². The highest BCUT2D eigenvalue weighted by molar-refractivity contribution is 7.85. The van der Waals surface area contributed by atoms with Gasteiger partial charge < -0.3 is 15.7 Å². The summed E-state index contributed by atoms with van der Waals surface area (Å²) in [6.07, 6.45) is 2.71. The molecule has 0 radical (unpaired) electrons. The molecule has 7 nitrogen and oxygen atoms in total. The predicted molar refractivity (Wildman–Crippen MR) is 78.6 cm³/mol. The third-order valence-corrected chi connectivity index (χ3v) is 4.52. The lowest BCUT2D eigenvalue weighted by Crippen LogP contribution is -2.41. The van der Waals surface area contributed by atoms with Crippen LogP contribution in [-0.4, -0.2) is 43.8 Å². The van der Waals surface area contributed by atoms with E-state index in [1.54, 1.807) is 12.1 Å². The summed E-state index contributed by atoms with van der Waals surface area (Å²) in [5.41, 5.74) is 0.934. The van der Waals surface area contributed by atoms with Gasteiger partial charge in [0, 0.05) is 28.3 Å². The van der Waals surface area contributed by atoms with Crippen LogP contribution in [0.4, 0.5) is 10.5 Å². The van der Waals surface area contributed by atoms with Crippen molar-refractivity contribution in [2.75, 3.05) is 16.8 Å². The number of urea groups is 1. The number of carboxylic acid groups (broad SMARTS) is 1. The number of aromatic nitrogens is 1. The van der Waals surface area contributed by atoms with Crippen molar-refractivity contribution >= 4 is 28.5 Å². The van der Waals surface area contributed by atoms with E-state index in [1.807, 2.05) is 0 Å². The second kappa shape index (κ2) is 7.16. The lowest BCUT2D eigenvalue weighted by Gasteiger charge is -2.22. The first-order valence-electron chi connectivity index (χ1n) is 6.62. The molecule has 0 saturated carbocycles. The maximum Gasteiger partial charge on any atom is 0.319 e. The number of amides is 2. The topological polar surface area (TPSA) is 108 Å². The molecule has 1 aromatic rings. The summed E-state index contributed by atoms with van der Waals surface area (Å²) in [4.78, 5) is 26.3. The monoisotopic (exact) mass is 311 g/mol. The average molecular weight is 311 g/mol. The third kappa shape index (κ3) is 5.14. The number of hydrogen-bond donors (Lipinski definition) is 3. The maximum absolute atomic E-state index is 11.8. The maximum atomic E-state index is 11.8. The second-order valence-corrected chi connectivity index (χ2v) is 6.53. The SMILES string of the molecule is O=C(O)Cc1ccc(NC(=O)NC2CCS(=O)CC2)cn1. The summed E-state index contributed by atoms with van der Waals surface area (Å²) in [6.45, 7) is 0. The van der Waals surface area contributed by atoms with Crippen LogP contribution in [0.3, 0.4) is 0 Å². The number of pyridine rings is 1. The average Bonchev–Trinajstić information content (AvgIpc) is 2.43. The molecule has 1 saturated heterocycles. The quantitative estimate of drug-likeness (QED) is 0.760. The lowest BCUT2D eigenvalue weighted by molar-refractivity contribution is -0.136. The van der Waals surface area contributed by atoms with Gasteiger partial charge >= 0.3 is 12.0 Å². The normalized spacial score (nSPS) is 21.5. The summed E-state index contributed by atoms with van der Waals surface area (Å²) in [7, 11) is -0.751. The molecular weight excluding hydrogens is 294 g/mol. The fraction of sp³-hybridized carbons (Fsp3) is 0.462. The van der Waals surface area contributed by atoms with Crippen LogP contribution in [0.2, 0.25) is 0 Å². The van der Waals surface area contributed by atoms with Crippen LogP contribution in [-0.2, 0) is 22.0 Å². The first-order valence-corrected chi connectivity index (χ1v) is 8.11. The van der Waals surface area contributed by atoms with E-state index in [-0.39, 0.29) is 18.5 Å². The van der Waals surface area contributed by atoms with Crippen LogP contribution in [0.5, 0.6) is 0 Å². The second-order valence-electron chi connectivity index (χ2n) is 4.83. The minimum absolute atomic E-state index is 0.0435.